The zero-order chi connectivity index (χ0) is 25.4. The van der Waals surface area contributed by atoms with Gasteiger partial charge < -0.3 is 10.4 Å². The second-order valence-corrected chi connectivity index (χ2v) is 13.3. The van der Waals surface area contributed by atoms with Gasteiger partial charge in [-0.25, -0.2) is 23.4 Å². The van der Waals surface area contributed by atoms with E-state index in [0.717, 1.165) is 35.3 Å². The molecular weight excluding hydrogens is 484 g/mol. The van der Waals surface area contributed by atoms with Gasteiger partial charge in [-0.2, -0.15) is 0 Å². The molecular formula is C25H32N4O4S2. The number of thiazole rings is 1. The van der Waals surface area contributed by atoms with Gasteiger partial charge in [-0.3, -0.25) is 4.79 Å². The normalized spacial score (nSPS) is 17.2. The number of hydrogen-bond donors (Lipinski definition) is 2. The number of pyridine rings is 2. The molecule has 0 saturated carbocycles. The summed E-state index contributed by atoms with van der Waals surface area (Å²) >= 11 is 1.26. The van der Waals surface area contributed by atoms with Crippen LogP contribution in [-0.4, -0.2) is 46.7 Å². The molecule has 0 bridgehead atoms. The molecule has 1 unspecified atom stereocenters. The van der Waals surface area contributed by atoms with Crippen molar-refractivity contribution in [1.29, 1.82) is 0 Å². The molecule has 4 rings (SSSR count). The van der Waals surface area contributed by atoms with Gasteiger partial charge in [0.15, 0.2) is 19.9 Å². The van der Waals surface area contributed by atoms with Crippen LogP contribution in [0.1, 0.15) is 73.2 Å². The number of amides is 1. The molecule has 3 aromatic rings. The van der Waals surface area contributed by atoms with Gasteiger partial charge >= 0.3 is 0 Å². The number of aliphatic hydroxyl groups is 1. The number of rotatable bonds is 7. The number of nitrogens with one attached hydrogen (secondary N) is 1. The predicted molar refractivity (Wildman–Crippen MR) is 136 cm³/mol. The number of carbonyl (C=O) groups is 1. The van der Waals surface area contributed by atoms with E-state index in [9.17, 15) is 18.3 Å². The molecule has 3 heterocycles. The summed E-state index contributed by atoms with van der Waals surface area (Å²) in [5.41, 5.74) is 3.88. The van der Waals surface area contributed by atoms with E-state index in [4.69, 9.17) is 4.98 Å². The molecule has 188 valence electrons. The SMILES string of the molecule is CCS(=O)(=O)c1ccc([C@@H](CCO)NC(=O)c2nc3cc4c(nc3s2)CCC(C(C)(C)C)C4)cn1. The highest BCUT2D eigenvalue weighted by Gasteiger charge is 2.30. The number of carbonyl (C=O) groups excluding carboxylic acids is 1. The van der Waals surface area contributed by atoms with E-state index < -0.39 is 15.9 Å². The van der Waals surface area contributed by atoms with Crippen LogP contribution in [0.4, 0.5) is 0 Å². The summed E-state index contributed by atoms with van der Waals surface area (Å²) in [6, 6.07) is 4.60. The predicted octanol–water partition coefficient (Wildman–Crippen LogP) is 3.88. The van der Waals surface area contributed by atoms with Gasteiger partial charge in [-0.05, 0) is 60.3 Å². The van der Waals surface area contributed by atoms with Crippen molar-refractivity contribution in [2.24, 2.45) is 11.3 Å². The molecule has 0 spiro atoms. The Morgan fingerprint density at radius 3 is 2.69 bits per heavy atom. The molecule has 2 atom stereocenters. The molecule has 1 amide bonds. The van der Waals surface area contributed by atoms with Crippen LogP contribution in [0.3, 0.4) is 0 Å². The Balaban J connectivity index is 1.55. The Hall–Kier alpha value is -2.43. The first kappa shape index (κ1) is 25.7. The Labute approximate surface area is 210 Å². The van der Waals surface area contributed by atoms with Crippen LogP contribution in [-0.2, 0) is 22.7 Å². The van der Waals surface area contributed by atoms with E-state index in [-0.39, 0.29) is 35.1 Å². The van der Waals surface area contributed by atoms with E-state index in [1.807, 2.05) is 0 Å². The summed E-state index contributed by atoms with van der Waals surface area (Å²) in [5, 5.41) is 12.7. The molecule has 0 aliphatic heterocycles. The van der Waals surface area contributed by atoms with Crippen molar-refractivity contribution in [3.63, 3.8) is 0 Å². The van der Waals surface area contributed by atoms with Crippen LogP contribution >= 0.6 is 11.3 Å². The minimum Gasteiger partial charge on any atom is -0.396 e. The fourth-order valence-corrected chi connectivity index (χ4v) is 6.08. The van der Waals surface area contributed by atoms with Crippen molar-refractivity contribution in [1.82, 2.24) is 20.3 Å². The third-order valence-corrected chi connectivity index (χ3v) is 9.35. The van der Waals surface area contributed by atoms with Gasteiger partial charge in [0.2, 0.25) is 0 Å². The third kappa shape index (κ3) is 5.54. The number of hydrogen-bond acceptors (Lipinski definition) is 8. The first-order valence-electron chi connectivity index (χ1n) is 11.9. The lowest BCUT2D eigenvalue weighted by Gasteiger charge is -2.34. The van der Waals surface area contributed by atoms with Gasteiger partial charge in [0.1, 0.15) is 10.3 Å². The van der Waals surface area contributed by atoms with E-state index in [1.54, 1.807) is 13.0 Å². The summed E-state index contributed by atoms with van der Waals surface area (Å²) in [5.74, 6) is 0.187. The molecule has 0 fully saturated rings. The smallest absolute Gasteiger partial charge is 0.280 e. The highest BCUT2D eigenvalue weighted by molar-refractivity contribution is 7.91. The number of aryl methyl sites for hydroxylation is 1. The average Bonchev–Trinajstić information content (AvgIpc) is 3.24. The van der Waals surface area contributed by atoms with Crippen molar-refractivity contribution in [2.75, 3.05) is 12.4 Å². The van der Waals surface area contributed by atoms with E-state index in [1.165, 1.54) is 29.2 Å². The van der Waals surface area contributed by atoms with Crippen molar-refractivity contribution in [3.8, 4) is 0 Å². The average molecular weight is 517 g/mol. The number of nitrogens with zero attached hydrogens (tertiary/aromatic N) is 3. The third-order valence-electron chi connectivity index (χ3n) is 6.75. The van der Waals surface area contributed by atoms with Crippen LogP contribution in [0.2, 0.25) is 0 Å². The topological polar surface area (TPSA) is 122 Å². The Morgan fingerprint density at radius 2 is 2.06 bits per heavy atom. The fraction of sp³-hybridized carbons (Fsp3) is 0.520. The standard InChI is InChI=1S/C25H32N4O4S2/c1-5-35(32,33)21-9-6-15(14-26-21)19(10-11-30)27-22(31)24-29-20-13-16-12-17(25(2,3)4)7-8-18(16)28-23(20)34-24/h6,9,13-14,17,19,30H,5,7-8,10-12H2,1-4H3,(H,27,31)/t17?,19-/m1/s1. The second-order valence-electron chi connectivity index (χ2n) is 10.1. The van der Waals surface area contributed by atoms with Crippen LogP contribution in [0.5, 0.6) is 0 Å². The number of aliphatic hydroxyl groups excluding tert-OH is 1. The summed E-state index contributed by atoms with van der Waals surface area (Å²) in [4.78, 5) is 27.2. The molecule has 2 N–H and O–H groups in total. The van der Waals surface area contributed by atoms with E-state index in [2.05, 4.69) is 42.1 Å². The summed E-state index contributed by atoms with van der Waals surface area (Å²) < 4.78 is 24.1. The first-order valence-corrected chi connectivity index (χ1v) is 14.4. The monoisotopic (exact) mass is 516 g/mol. The Kier molecular flexibility index (Phi) is 7.26. The molecule has 0 radical (unpaired) electrons. The van der Waals surface area contributed by atoms with Crippen molar-refractivity contribution >= 4 is 37.4 Å². The minimum atomic E-state index is -3.42. The summed E-state index contributed by atoms with van der Waals surface area (Å²) in [6.07, 6.45) is 4.70. The van der Waals surface area contributed by atoms with E-state index in [0.29, 0.717) is 16.5 Å². The molecule has 8 nitrogen and oxygen atoms in total. The molecule has 0 saturated heterocycles. The maximum Gasteiger partial charge on any atom is 0.280 e. The summed E-state index contributed by atoms with van der Waals surface area (Å²) in [6.45, 7) is 8.23. The maximum absolute atomic E-state index is 13.1. The highest BCUT2D eigenvalue weighted by Crippen LogP contribution is 2.38. The van der Waals surface area contributed by atoms with Crippen LogP contribution < -0.4 is 5.32 Å². The number of fused-ring (bicyclic) bond motifs is 2. The molecule has 35 heavy (non-hydrogen) atoms. The zero-order valence-electron chi connectivity index (χ0n) is 20.5. The van der Waals surface area contributed by atoms with Gasteiger partial charge in [-0.1, -0.05) is 45.1 Å². The van der Waals surface area contributed by atoms with Gasteiger partial charge in [-0.15, -0.1) is 0 Å². The lowest BCUT2D eigenvalue weighted by molar-refractivity contribution is 0.0929. The molecule has 1 aliphatic rings. The molecule has 0 aromatic carbocycles. The van der Waals surface area contributed by atoms with Gasteiger partial charge in [0.05, 0.1) is 11.8 Å². The van der Waals surface area contributed by atoms with E-state index >= 15 is 0 Å². The van der Waals surface area contributed by atoms with Crippen LogP contribution in [0.15, 0.2) is 29.4 Å². The molecule has 10 heteroatoms. The lowest BCUT2D eigenvalue weighted by Crippen LogP contribution is -2.29. The maximum atomic E-state index is 13.1. The van der Waals surface area contributed by atoms with Crippen LogP contribution in [0, 0.1) is 11.3 Å². The largest absolute Gasteiger partial charge is 0.396 e. The van der Waals surface area contributed by atoms with Gasteiger partial charge in [0, 0.05) is 18.5 Å². The Morgan fingerprint density at radius 1 is 1.29 bits per heavy atom. The van der Waals surface area contributed by atoms with Crippen LogP contribution in [0.25, 0.3) is 10.3 Å². The Bertz CT molecular complexity index is 1330. The van der Waals surface area contributed by atoms with Crippen molar-refractivity contribution < 1.29 is 18.3 Å². The fourth-order valence-electron chi connectivity index (χ4n) is 4.45. The van der Waals surface area contributed by atoms with Gasteiger partial charge in [0.25, 0.3) is 5.91 Å². The summed E-state index contributed by atoms with van der Waals surface area (Å²) in [7, 11) is -3.42. The molecule has 1 aliphatic carbocycles. The lowest BCUT2D eigenvalue weighted by atomic mass is 9.71. The quantitative estimate of drug-likeness (QED) is 0.488. The van der Waals surface area contributed by atoms with Crippen molar-refractivity contribution in [2.45, 2.75) is 64.4 Å². The number of aromatic nitrogens is 3. The minimum absolute atomic E-state index is 0.00672. The first-order chi connectivity index (χ1) is 16.5. The number of sulfone groups is 1. The second kappa shape index (κ2) is 9.91. The zero-order valence-corrected chi connectivity index (χ0v) is 22.2. The molecule has 3 aromatic heterocycles. The highest BCUT2D eigenvalue weighted by atomic mass is 32.2. The van der Waals surface area contributed by atoms with Crippen molar-refractivity contribution in [3.05, 3.63) is 46.2 Å².